The van der Waals surface area contributed by atoms with Crippen LogP contribution < -0.4 is 5.32 Å². The van der Waals surface area contributed by atoms with Crippen LogP contribution in [0.4, 0.5) is 5.69 Å². The predicted molar refractivity (Wildman–Crippen MR) is 96.5 cm³/mol. The van der Waals surface area contributed by atoms with Crippen molar-refractivity contribution in [3.8, 4) is 0 Å². The van der Waals surface area contributed by atoms with Crippen LogP contribution in [-0.4, -0.2) is 10.5 Å². The van der Waals surface area contributed by atoms with Crippen LogP contribution >= 0.6 is 23.2 Å². The fraction of sp³-hybridized carbons (Fsp3) is 0.167. The van der Waals surface area contributed by atoms with E-state index in [2.05, 4.69) is 16.0 Å². The molecule has 0 aliphatic rings. The highest BCUT2D eigenvalue weighted by Crippen LogP contribution is 2.27. The predicted octanol–water partition coefficient (Wildman–Crippen LogP) is 4.97. The van der Waals surface area contributed by atoms with Crippen molar-refractivity contribution in [2.24, 2.45) is 7.05 Å². The highest BCUT2D eigenvalue weighted by molar-refractivity contribution is 6.35. The normalized spacial score (nSPS) is 11.0. The molecule has 0 bridgehead atoms. The van der Waals surface area contributed by atoms with Gasteiger partial charge in [-0.15, -0.1) is 0 Å². The van der Waals surface area contributed by atoms with Crippen LogP contribution in [0.25, 0.3) is 10.9 Å². The molecule has 3 aromatic rings. The summed E-state index contributed by atoms with van der Waals surface area (Å²) >= 11 is 12.1. The molecule has 3 nitrogen and oxygen atoms in total. The van der Waals surface area contributed by atoms with Crippen molar-refractivity contribution >= 4 is 45.7 Å². The third-order valence-electron chi connectivity index (χ3n) is 4.07. The monoisotopic (exact) mass is 346 g/mol. The zero-order valence-electron chi connectivity index (χ0n) is 12.9. The van der Waals surface area contributed by atoms with E-state index in [1.165, 1.54) is 0 Å². The Kier molecular flexibility index (Phi) is 4.33. The van der Waals surface area contributed by atoms with Crippen LogP contribution in [0.1, 0.15) is 11.3 Å². The topological polar surface area (TPSA) is 34.0 Å². The average Bonchev–Trinajstić information content (AvgIpc) is 2.76. The van der Waals surface area contributed by atoms with E-state index >= 15 is 0 Å². The summed E-state index contributed by atoms with van der Waals surface area (Å²) in [5.74, 6) is -0.117. The molecule has 1 heterocycles. The zero-order valence-corrected chi connectivity index (χ0v) is 14.4. The third-order valence-corrected chi connectivity index (χ3v) is 4.63. The van der Waals surface area contributed by atoms with Crippen molar-refractivity contribution in [1.29, 1.82) is 0 Å². The van der Waals surface area contributed by atoms with Gasteiger partial charge in [-0.3, -0.25) is 4.79 Å². The number of rotatable bonds is 3. The van der Waals surface area contributed by atoms with E-state index in [0.29, 0.717) is 15.7 Å². The van der Waals surface area contributed by atoms with E-state index in [1.54, 1.807) is 18.2 Å². The first-order valence-corrected chi connectivity index (χ1v) is 8.00. The average molecular weight is 347 g/mol. The minimum absolute atomic E-state index is 0.117. The number of para-hydroxylation sites is 1. The number of carbonyl (C=O) groups is 1. The maximum Gasteiger partial charge on any atom is 0.228 e. The van der Waals surface area contributed by atoms with Gasteiger partial charge in [0, 0.05) is 28.7 Å². The lowest BCUT2D eigenvalue weighted by molar-refractivity contribution is -0.115. The van der Waals surface area contributed by atoms with Crippen LogP contribution in [0.5, 0.6) is 0 Å². The molecule has 0 spiro atoms. The van der Waals surface area contributed by atoms with Gasteiger partial charge in [-0.05, 0) is 36.8 Å². The molecule has 0 saturated heterocycles. The van der Waals surface area contributed by atoms with Gasteiger partial charge < -0.3 is 9.88 Å². The molecule has 1 aromatic heterocycles. The molecule has 118 valence electrons. The summed E-state index contributed by atoms with van der Waals surface area (Å²) in [5.41, 5.74) is 3.76. The van der Waals surface area contributed by atoms with Crippen LogP contribution in [0.2, 0.25) is 10.0 Å². The SMILES string of the molecule is Cc1c(CC(=O)Nc2cc(Cl)ccc2Cl)c2ccccc2n1C. The Morgan fingerprint density at radius 3 is 2.70 bits per heavy atom. The van der Waals surface area contributed by atoms with Gasteiger partial charge in [-0.2, -0.15) is 0 Å². The fourth-order valence-electron chi connectivity index (χ4n) is 2.77. The lowest BCUT2D eigenvalue weighted by Gasteiger charge is -2.08. The molecule has 0 fully saturated rings. The summed E-state index contributed by atoms with van der Waals surface area (Å²) in [6.45, 7) is 2.02. The van der Waals surface area contributed by atoms with Crippen molar-refractivity contribution in [2.45, 2.75) is 13.3 Å². The first-order chi connectivity index (χ1) is 11.0. The number of nitrogens with one attached hydrogen (secondary N) is 1. The smallest absolute Gasteiger partial charge is 0.228 e. The molecule has 5 heteroatoms. The number of hydrogen-bond donors (Lipinski definition) is 1. The lowest BCUT2D eigenvalue weighted by Crippen LogP contribution is -2.15. The minimum atomic E-state index is -0.117. The number of carbonyl (C=O) groups excluding carboxylic acids is 1. The number of aryl methyl sites for hydroxylation is 1. The van der Waals surface area contributed by atoms with E-state index < -0.39 is 0 Å². The highest BCUT2D eigenvalue weighted by atomic mass is 35.5. The number of aromatic nitrogens is 1. The van der Waals surface area contributed by atoms with E-state index in [-0.39, 0.29) is 12.3 Å². The van der Waals surface area contributed by atoms with Crippen LogP contribution in [0.3, 0.4) is 0 Å². The number of hydrogen-bond acceptors (Lipinski definition) is 1. The highest BCUT2D eigenvalue weighted by Gasteiger charge is 2.15. The Morgan fingerprint density at radius 2 is 1.91 bits per heavy atom. The molecule has 1 amide bonds. The van der Waals surface area contributed by atoms with Gasteiger partial charge in [0.05, 0.1) is 17.1 Å². The number of anilines is 1. The summed E-state index contributed by atoms with van der Waals surface area (Å²) < 4.78 is 2.10. The Bertz CT molecular complexity index is 899. The van der Waals surface area contributed by atoms with E-state index in [0.717, 1.165) is 22.2 Å². The summed E-state index contributed by atoms with van der Waals surface area (Å²) in [6, 6.07) is 13.1. The molecule has 0 atom stereocenters. The van der Waals surface area contributed by atoms with Crippen LogP contribution in [0.15, 0.2) is 42.5 Å². The maximum absolute atomic E-state index is 12.4. The first-order valence-electron chi connectivity index (χ1n) is 7.25. The van der Waals surface area contributed by atoms with Gasteiger partial charge in [-0.25, -0.2) is 0 Å². The lowest BCUT2D eigenvalue weighted by atomic mass is 10.1. The van der Waals surface area contributed by atoms with Crippen molar-refractivity contribution in [1.82, 2.24) is 4.57 Å². The molecule has 0 unspecified atom stereocenters. The first kappa shape index (κ1) is 15.9. The molecule has 3 rings (SSSR count). The molecule has 0 aliphatic heterocycles. The second-order valence-electron chi connectivity index (χ2n) is 5.49. The van der Waals surface area contributed by atoms with Crippen molar-refractivity contribution in [3.63, 3.8) is 0 Å². The van der Waals surface area contributed by atoms with E-state index in [1.807, 2.05) is 32.2 Å². The van der Waals surface area contributed by atoms with E-state index in [9.17, 15) is 4.79 Å². The number of amides is 1. The number of halogens is 2. The standard InChI is InChI=1S/C18H16Cl2N2O/c1-11-14(13-5-3-4-6-17(13)22(11)2)10-18(23)21-16-9-12(19)7-8-15(16)20/h3-9H,10H2,1-2H3,(H,21,23). The Hall–Kier alpha value is -1.97. The zero-order chi connectivity index (χ0) is 16.6. The number of fused-ring (bicyclic) bond motifs is 1. The summed E-state index contributed by atoms with van der Waals surface area (Å²) in [7, 11) is 2.01. The fourth-order valence-corrected chi connectivity index (χ4v) is 3.11. The minimum Gasteiger partial charge on any atom is -0.348 e. The van der Waals surface area contributed by atoms with Gasteiger partial charge in [0.1, 0.15) is 0 Å². The summed E-state index contributed by atoms with van der Waals surface area (Å²) in [6.07, 6.45) is 0.288. The molecule has 1 N–H and O–H groups in total. The van der Waals surface area contributed by atoms with Crippen molar-refractivity contribution in [3.05, 3.63) is 63.8 Å². The van der Waals surface area contributed by atoms with E-state index in [4.69, 9.17) is 23.2 Å². The molecular weight excluding hydrogens is 331 g/mol. The Labute approximate surface area is 144 Å². The van der Waals surface area contributed by atoms with Gasteiger partial charge in [0.15, 0.2) is 0 Å². The summed E-state index contributed by atoms with van der Waals surface area (Å²) in [4.78, 5) is 12.4. The van der Waals surface area contributed by atoms with Gasteiger partial charge in [0.2, 0.25) is 5.91 Å². The molecule has 0 saturated carbocycles. The van der Waals surface area contributed by atoms with Gasteiger partial charge in [0.25, 0.3) is 0 Å². The molecular formula is C18H16Cl2N2O. The number of benzene rings is 2. The molecule has 23 heavy (non-hydrogen) atoms. The molecule has 0 radical (unpaired) electrons. The van der Waals surface area contributed by atoms with Crippen molar-refractivity contribution < 1.29 is 4.79 Å². The Morgan fingerprint density at radius 1 is 1.17 bits per heavy atom. The quantitative estimate of drug-likeness (QED) is 0.713. The second kappa shape index (κ2) is 6.26. The largest absolute Gasteiger partial charge is 0.348 e. The van der Waals surface area contributed by atoms with Crippen molar-refractivity contribution in [2.75, 3.05) is 5.32 Å². The second-order valence-corrected chi connectivity index (χ2v) is 6.33. The van der Waals surface area contributed by atoms with Gasteiger partial charge in [-0.1, -0.05) is 41.4 Å². The van der Waals surface area contributed by atoms with Gasteiger partial charge >= 0.3 is 0 Å². The number of nitrogens with zero attached hydrogens (tertiary/aromatic N) is 1. The Balaban J connectivity index is 1.89. The van der Waals surface area contributed by atoms with Crippen LogP contribution in [-0.2, 0) is 18.3 Å². The third kappa shape index (κ3) is 3.07. The molecule has 0 aliphatic carbocycles. The van der Waals surface area contributed by atoms with Crippen LogP contribution in [0, 0.1) is 6.92 Å². The summed E-state index contributed by atoms with van der Waals surface area (Å²) in [5, 5.41) is 4.94. The maximum atomic E-state index is 12.4. The molecule has 2 aromatic carbocycles.